The number of ether oxygens (including phenoxy) is 9. The molecule has 24 heteroatoms. The van der Waals surface area contributed by atoms with Crippen LogP contribution in [-0.2, 0) is 83.5 Å². The van der Waals surface area contributed by atoms with Crippen molar-refractivity contribution in [2.75, 3.05) is 148 Å². The van der Waals surface area contributed by atoms with Gasteiger partial charge in [0.2, 0.25) is 0 Å². The van der Waals surface area contributed by atoms with Gasteiger partial charge in [-0.25, -0.2) is 13.7 Å². The molecule has 0 aromatic rings. The zero-order valence-electron chi connectivity index (χ0n) is 29.9. The molecule has 0 amide bonds. The summed E-state index contributed by atoms with van der Waals surface area (Å²) in [5.74, 6) is 0. The lowest BCUT2D eigenvalue weighted by atomic mass is 10.2. The van der Waals surface area contributed by atoms with Crippen LogP contribution >= 0.6 is 23.5 Å². The Hall–Kier alpha value is -0.0300. The zero-order chi connectivity index (χ0) is 38.0. The minimum Gasteiger partial charge on any atom is -0.385 e. The number of methoxy groups -OCH3 is 3. The van der Waals surface area contributed by atoms with Crippen LogP contribution in [0.25, 0.3) is 0 Å². The monoisotopic (exact) mass is 800 g/mol. The second-order valence-corrected chi connectivity index (χ2v) is 14.0. The van der Waals surface area contributed by atoms with Crippen molar-refractivity contribution in [1.29, 1.82) is 0 Å². The van der Waals surface area contributed by atoms with Gasteiger partial charge in [-0.05, 0) is 6.42 Å². The number of phosphoric acid groups is 3. The van der Waals surface area contributed by atoms with Crippen molar-refractivity contribution in [3.05, 3.63) is 0 Å². The molecule has 0 aromatic heterocycles. The van der Waals surface area contributed by atoms with Gasteiger partial charge < -0.3 is 57.3 Å². The molecule has 1 heterocycles. The summed E-state index contributed by atoms with van der Waals surface area (Å²) in [5.41, 5.74) is 0. The number of phosphoric ester groups is 3. The van der Waals surface area contributed by atoms with Gasteiger partial charge in [-0.1, -0.05) is 0 Å². The van der Waals surface area contributed by atoms with E-state index in [0.717, 1.165) is 21.3 Å². The summed E-state index contributed by atoms with van der Waals surface area (Å²) in [6, 6.07) is 0. The van der Waals surface area contributed by atoms with E-state index in [0.29, 0.717) is 98.7 Å². The smallest absolute Gasteiger partial charge is 0.385 e. The predicted molar refractivity (Wildman–Crippen MR) is 176 cm³/mol. The van der Waals surface area contributed by atoms with Crippen molar-refractivity contribution in [3.8, 4) is 0 Å². The Bertz CT molecular complexity index is 888. The van der Waals surface area contributed by atoms with E-state index in [1.165, 1.54) is 7.11 Å². The standard InChI is InChI=1S/C14H31O10P.C7H15O6P.C5H13O5P/c1-17-3-4-19-5-6-20-7-8-21-9-10-22-11-12-23-13-14-24-25(15,16)18-2;1-10-5-7-6(3-4-12-7)13-14(8,9)11-2;1-8-4-3-5-10-11(6,7)9-2/h3-14H2,1-2H3,(H,15,16);6-7H,3-5H2,1-2H3,(H,8,9);3-5H2,1-2H3,(H,6,7)/t;6?,7-;/m.1./s1. The first-order valence-corrected chi connectivity index (χ1v) is 19.9. The molecule has 21 nitrogen and oxygen atoms in total. The first kappa shape index (κ1) is 52.1. The van der Waals surface area contributed by atoms with E-state index in [4.69, 9.17) is 61.8 Å². The van der Waals surface area contributed by atoms with Gasteiger partial charge in [0.25, 0.3) is 0 Å². The Kier molecular flexibility index (Phi) is 36.2. The molecule has 3 N–H and O–H groups in total. The van der Waals surface area contributed by atoms with Crippen LogP contribution in [0.5, 0.6) is 0 Å². The Morgan fingerprint density at radius 1 is 0.520 bits per heavy atom. The molecule has 1 aliphatic heterocycles. The normalized spacial score (nSPS) is 19.4. The minimum absolute atomic E-state index is 0.0256. The Morgan fingerprint density at radius 2 is 0.920 bits per heavy atom. The first-order valence-electron chi connectivity index (χ1n) is 15.4. The molecule has 1 fully saturated rings. The van der Waals surface area contributed by atoms with E-state index in [2.05, 4.69) is 22.6 Å². The maximum Gasteiger partial charge on any atom is 0.472 e. The lowest BCUT2D eigenvalue weighted by molar-refractivity contribution is -0.0164. The average Bonchev–Trinajstić information content (AvgIpc) is 3.52. The summed E-state index contributed by atoms with van der Waals surface area (Å²) in [5, 5.41) is 0. The molecule has 304 valence electrons. The molecule has 0 spiro atoms. The predicted octanol–water partition coefficient (Wildman–Crippen LogP) is 1.82. The summed E-state index contributed by atoms with van der Waals surface area (Å²) in [6.45, 7) is 6.58. The van der Waals surface area contributed by atoms with Crippen molar-refractivity contribution in [2.24, 2.45) is 0 Å². The number of hydrogen-bond donors (Lipinski definition) is 3. The molecule has 1 aliphatic rings. The third kappa shape index (κ3) is 35.0. The Labute approximate surface area is 295 Å². The molecule has 0 saturated carbocycles. The molecule has 4 unspecified atom stereocenters. The van der Waals surface area contributed by atoms with Gasteiger partial charge in [0.05, 0.1) is 92.5 Å². The minimum atomic E-state index is -3.92. The molecule has 0 bridgehead atoms. The zero-order valence-corrected chi connectivity index (χ0v) is 32.6. The SMILES string of the molecule is COCCCOP(=O)(O)OC.COCCOCCOCCOCCOCCOCCOP(=O)(O)OC.COC[C@H]1OCCC1OP(=O)(O)OC. The van der Waals surface area contributed by atoms with E-state index in [9.17, 15) is 13.7 Å². The second-order valence-electron chi connectivity index (χ2n) is 9.32. The van der Waals surface area contributed by atoms with Crippen molar-refractivity contribution in [1.82, 2.24) is 0 Å². The van der Waals surface area contributed by atoms with Gasteiger partial charge >= 0.3 is 23.5 Å². The summed E-state index contributed by atoms with van der Waals surface area (Å²) >= 11 is 0. The van der Waals surface area contributed by atoms with E-state index < -0.39 is 29.6 Å². The van der Waals surface area contributed by atoms with Crippen LogP contribution in [0.1, 0.15) is 12.8 Å². The number of hydrogen-bond acceptors (Lipinski definition) is 18. The highest BCUT2D eigenvalue weighted by molar-refractivity contribution is 7.47. The summed E-state index contributed by atoms with van der Waals surface area (Å²) in [6.07, 6.45) is 0.410. The van der Waals surface area contributed by atoms with Gasteiger partial charge in [0, 0.05) is 62.3 Å². The summed E-state index contributed by atoms with van der Waals surface area (Å²) < 4.78 is 105. The van der Waals surface area contributed by atoms with Crippen LogP contribution in [0, 0.1) is 0 Å². The molecule has 0 radical (unpaired) electrons. The maximum atomic E-state index is 11.1. The quantitative estimate of drug-likeness (QED) is 0.0668. The van der Waals surface area contributed by atoms with Gasteiger partial charge in [-0.15, -0.1) is 0 Å². The van der Waals surface area contributed by atoms with Crippen molar-refractivity contribution in [3.63, 3.8) is 0 Å². The van der Waals surface area contributed by atoms with Crippen molar-refractivity contribution >= 4 is 23.5 Å². The van der Waals surface area contributed by atoms with Crippen molar-refractivity contribution < 1.29 is 98.1 Å². The fourth-order valence-corrected chi connectivity index (χ4v) is 4.65. The highest BCUT2D eigenvalue weighted by Crippen LogP contribution is 2.45. The van der Waals surface area contributed by atoms with Crippen LogP contribution in [0.3, 0.4) is 0 Å². The van der Waals surface area contributed by atoms with Crippen LogP contribution in [-0.4, -0.2) is 175 Å². The summed E-state index contributed by atoms with van der Waals surface area (Å²) in [7, 11) is -3.54. The fraction of sp³-hybridized carbons (Fsp3) is 1.00. The Morgan fingerprint density at radius 3 is 1.32 bits per heavy atom. The third-order valence-electron chi connectivity index (χ3n) is 5.59. The molecule has 0 aliphatic carbocycles. The average molecular weight is 801 g/mol. The molecule has 50 heavy (non-hydrogen) atoms. The molecular weight excluding hydrogens is 741 g/mol. The third-order valence-corrected chi connectivity index (χ3v) is 8.53. The van der Waals surface area contributed by atoms with E-state index >= 15 is 0 Å². The molecule has 0 aromatic carbocycles. The van der Waals surface area contributed by atoms with Crippen LogP contribution in [0.4, 0.5) is 0 Å². The lowest BCUT2D eigenvalue weighted by Crippen LogP contribution is -2.28. The molecule has 1 saturated heterocycles. The number of rotatable bonds is 31. The highest BCUT2D eigenvalue weighted by Gasteiger charge is 2.35. The van der Waals surface area contributed by atoms with Crippen LogP contribution < -0.4 is 0 Å². The van der Waals surface area contributed by atoms with Gasteiger partial charge in [0.1, 0.15) is 12.2 Å². The highest BCUT2D eigenvalue weighted by atomic mass is 31.2. The van der Waals surface area contributed by atoms with Gasteiger partial charge in [0.15, 0.2) is 0 Å². The van der Waals surface area contributed by atoms with Crippen molar-refractivity contribution in [2.45, 2.75) is 25.0 Å². The maximum absolute atomic E-state index is 11.1. The van der Waals surface area contributed by atoms with Crippen LogP contribution in [0.15, 0.2) is 0 Å². The fourth-order valence-electron chi connectivity index (χ4n) is 3.11. The molecular formula is C26H59O21P3. The largest absolute Gasteiger partial charge is 0.472 e. The Balaban J connectivity index is 0. The lowest BCUT2D eigenvalue weighted by Gasteiger charge is -2.19. The van der Waals surface area contributed by atoms with Gasteiger partial charge in [-0.3, -0.25) is 27.1 Å². The molecule has 5 atom stereocenters. The van der Waals surface area contributed by atoms with E-state index in [-0.39, 0.29) is 25.9 Å². The molecule has 1 rings (SSSR count). The van der Waals surface area contributed by atoms with Gasteiger partial charge in [-0.2, -0.15) is 0 Å². The van der Waals surface area contributed by atoms with E-state index in [1.807, 2.05) is 0 Å². The van der Waals surface area contributed by atoms with Crippen LogP contribution in [0.2, 0.25) is 0 Å². The first-order chi connectivity index (χ1) is 23.8. The summed E-state index contributed by atoms with van der Waals surface area (Å²) in [4.78, 5) is 26.7. The van der Waals surface area contributed by atoms with E-state index in [1.54, 1.807) is 14.2 Å². The second kappa shape index (κ2) is 34.7. The topological polar surface area (TPSA) is 250 Å².